The third-order valence-corrected chi connectivity index (χ3v) is 4.03. The molecule has 0 radical (unpaired) electrons. The number of nitrogens with zero attached hydrogens (tertiary/aromatic N) is 1. The van der Waals surface area contributed by atoms with Gasteiger partial charge >= 0.3 is 0 Å². The molecule has 23 heavy (non-hydrogen) atoms. The third-order valence-electron chi connectivity index (χ3n) is 4.03. The van der Waals surface area contributed by atoms with Crippen LogP contribution in [0.3, 0.4) is 0 Å². The summed E-state index contributed by atoms with van der Waals surface area (Å²) in [4.78, 5) is 14.4. The van der Waals surface area contributed by atoms with E-state index in [0.717, 1.165) is 25.1 Å². The number of carbonyl (C=O) groups excluding carboxylic acids is 1. The third kappa shape index (κ3) is 8.56. The molecule has 1 heterocycles. The van der Waals surface area contributed by atoms with Crippen molar-refractivity contribution in [3.05, 3.63) is 35.9 Å². The molecule has 0 aromatic heterocycles. The Bertz CT molecular complexity index is 425. The minimum Gasteiger partial charge on any atom is -0.355 e. The summed E-state index contributed by atoms with van der Waals surface area (Å²) in [6.45, 7) is 4.22. The van der Waals surface area contributed by atoms with Gasteiger partial charge in [-0.15, -0.1) is 24.8 Å². The van der Waals surface area contributed by atoms with Crippen LogP contribution in [0.25, 0.3) is 0 Å². The van der Waals surface area contributed by atoms with E-state index in [-0.39, 0.29) is 30.7 Å². The molecule has 1 amide bonds. The Labute approximate surface area is 152 Å². The smallest absolute Gasteiger partial charge is 0.237 e. The predicted molar refractivity (Wildman–Crippen MR) is 101 cm³/mol. The van der Waals surface area contributed by atoms with Crippen LogP contribution in [0.15, 0.2) is 30.3 Å². The predicted octanol–water partition coefficient (Wildman–Crippen LogP) is 2.39. The van der Waals surface area contributed by atoms with Crippen molar-refractivity contribution in [1.29, 1.82) is 0 Å². The molecular weight excluding hydrogens is 333 g/mol. The van der Waals surface area contributed by atoms with Crippen LogP contribution in [0, 0.1) is 0 Å². The molecule has 1 unspecified atom stereocenters. The molecule has 1 atom stereocenters. The van der Waals surface area contributed by atoms with Crippen molar-refractivity contribution >= 4 is 30.7 Å². The minimum atomic E-state index is -0.456. The number of rotatable bonds is 7. The van der Waals surface area contributed by atoms with Gasteiger partial charge in [-0.1, -0.05) is 36.8 Å². The van der Waals surface area contributed by atoms with Gasteiger partial charge in [0.25, 0.3) is 0 Å². The van der Waals surface area contributed by atoms with Gasteiger partial charge in [-0.3, -0.25) is 4.79 Å². The van der Waals surface area contributed by atoms with Crippen LogP contribution in [-0.4, -0.2) is 43.0 Å². The van der Waals surface area contributed by atoms with Crippen molar-refractivity contribution < 1.29 is 4.79 Å². The van der Waals surface area contributed by atoms with E-state index in [0.29, 0.717) is 6.42 Å². The Hall–Kier alpha value is -0.810. The maximum atomic E-state index is 11.9. The maximum Gasteiger partial charge on any atom is 0.237 e. The molecule has 6 heteroatoms. The van der Waals surface area contributed by atoms with Crippen LogP contribution in [-0.2, 0) is 11.2 Å². The molecule has 132 valence electrons. The maximum absolute atomic E-state index is 11.9. The number of halogens is 2. The molecular formula is C17H29Cl2N3O. The van der Waals surface area contributed by atoms with Gasteiger partial charge in [0.2, 0.25) is 5.91 Å². The topological polar surface area (TPSA) is 58.4 Å². The fourth-order valence-corrected chi connectivity index (χ4v) is 2.79. The summed E-state index contributed by atoms with van der Waals surface area (Å²) in [6, 6.07) is 9.46. The SMILES string of the molecule is Cl.Cl.NC(Cc1ccccc1)C(=O)NCCCN1CCCCC1. The highest BCUT2D eigenvalue weighted by atomic mass is 35.5. The molecule has 1 aliphatic heterocycles. The molecule has 1 saturated heterocycles. The highest BCUT2D eigenvalue weighted by Crippen LogP contribution is 2.08. The molecule has 2 rings (SSSR count). The van der Waals surface area contributed by atoms with Gasteiger partial charge in [0, 0.05) is 6.54 Å². The fourth-order valence-electron chi connectivity index (χ4n) is 2.79. The lowest BCUT2D eigenvalue weighted by Crippen LogP contribution is -2.43. The van der Waals surface area contributed by atoms with Gasteiger partial charge in [0.15, 0.2) is 0 Å². The molecule has 1 fully saturated rings. The fraction of sp³-hybridized carbons (Fsp3) is 0.588. The Morgan fingerprint density at radius 1 is 1.13 bits per heavy atom. The zero-order chi connectivity index (χ0) is 14.9. The summed E-state index contributed by atoms with van der Waals surface area (Å²) in [5, 5.41) is 2.95. The summed E-state index contributed by atoms with van der Waals surface area (Å²) >= 11 is 0. The summed E-state index contributed by atoms with van der Waals surface area (Å²) in [6.07, 6.45) is 5.59. The first-order valence-electron chi connectivity index (χ1n) is 8.05. The van der Waals surface area contributed by atoms with Gasteiger partial charge in [-0.25, -0.2) is 0 Å². The van der Waals surface area contributed by atoms with Crippen molar-refractivity contribution in [1.82, 2.24) is 10.2 Å². The van der Waals surface area contributed by atoms with Crippen LogP contribution in [0.4, 0.5) is 0 Å². The van der Waals surface area contributed by atoms with Crippen LogP contribution >= 0.6 is 24.8 Å². The molecule has 3 N–H and O–H groups in total. The number of likely N-dealkylation sites (tertiary alicyclic amines) is 1. The van der Waals surface area contributed by atoms with E-state index in [1.807, 2.05) is 30.3 Å². The van der Waals surface area contributed by atoms with E-state index in [2.05, 4.69) is 10.2 Å². The minimum absolute atomic E-state index is 0. The standard InChI is InChI=1S/C17H27N3O.2ClH/c18-16(14-15-8-3-1-4-9-15)17(21)19-10-7-13-20-11-5-2-6-12-20;;/h1,3-4,8-9,16H,2,5-7,10-14,18H2,(H,19,21);2*1H. The zero-order valence-electron chi connectivity index (χ0n) is 13.6. The van der Waals surface area contributed by atoms with Crippen LogP contribution in [0.1, 0.15) is 31.2 Å². The van der Waals surface area contributed by atoms with Gasteiger partial charge in [-0.2, -0.15) is 0 Å². The lowest BCUT2D eigenvalue weighted by Gasteiger charge is -2.26. The van der Waals surface area contributed by atoms with Crippen LogP contribution < -0.4 is 11.1 Å². The number of hydrogen-bond acceptors (Lipinski definition) is 3. The van der Waals surface area contributed by atoms with Gasteiger partial charge in [-0.05, 0) is 50.9 Å². The second kappa shape index (κ2) is 12.6. The van der Waals surface area contributed by atoms with E-state index in [4.69, 9.17) is 5.73 Å². The summed E-state index contributed by atoms with van der Waals surface area (Å²) in [5.74, 6) is -0.0440. The van der Waals surface area contributed by atoms with Crippen LogP contribution in [0.5, 0.6) is 0 Å². The molecule has 0 aliphatic carbocycles. The number of amides is 1. The first-order chi connectivity index (χ1) is 10.3. The molecule has 1 aromatic carbocycles. The van der Waals surface area contributed by atoms with Crippen molar-refractivity contribution in [2.75, 3.05) is 26.2 Å². The van der Waals surface area contributed by atoms with E-state index >= 15 is 0 Å². The largest absolute Gasteiger partial charge is 0.355 e. The van der Waals surface area contributed by atoms with E-state index in [1.54, 1.807) is 0 Å². The number of benzene rings is 1. The van der Waals surface area contributed by atoms with Crippen molar-refractivity contribution in [3.63, 3.8) is 0 Å². The average molecular weight is 362 g/mol. The van der Waals surface area contributed by atoms with E-state index in [1.165, 1.54) is 32.4 Å². The lowest BCUT2D eigenvalue weighted by molar-refractivity contribution is -0.122. The number of piperidine rings is 1. The highest BCUT2D eigenvalue weighted by Gasteiger charge is 2.14. The summed E-state index contributed by atoms with van der Waals surface area (Å²) < 4.78 is 0. The lowest BCUT2D eigenvalue weighted by atomic mass is 10.1. The zero-order valence-corrected chi connectivity index (χ0v) is 15.2. The normalized spacial score (nSPS) is 15.9. The Morgan fingerprint density at radius 2 is 1.78 bits per heavy atom. The van der Waals surface area contributed by atoms with Gasteiger partial charge in [0.1, 0.15) is 0 Å². The van der Waals surface area contributed by atoms with E-state index < -0.39 is 6.04 Å². The number of nitrogens with two attached hydrogens (primary N) is 1. The first-order valence-corrected chi connectivity index (χ1v) is 8.05. The average Bonchev–Trinajstić information content (AvgIpc) is 2.53. The molecule has 4 nitrogen and oxygen atoms in total. The molecule has 0 saturated carbocycles. The van der Waals surface area contributed by atoms with Crippen LogP contribution in [0.2, 0.25) is 0 Å². The number of carbonyl (C=O) groups is 1. The molecule has 1 aromatic rings. The highest BCUT2D eigenvalue weighted by molar-refractivity contribution is 5.85. The Kier molecular flexibility index (Phi) is 12.1. The molecule has 1 aliphatic rings. The monoisotopic (exact) mass is 361 g/mol. The Balaban J connectivity index is 0.00000242. The Morgan fingerprint density at radius 3 is 2.43 bits per heavy atom. The van der Waals surface area contributed by atoms with Crippen molar-refractivity contribution in [3.8, 4) is 0 Å². The van der Waals surface area contributed by atoms with Crippen molar-refractivity contribution in [2.24, 2.45) is 5.73 Å². The second-order valence-corrected chi connectivity index (χ2v) is 5.84. The van der Waals surface area contributed by atoms with Gasteiger partial charge in [0.05, 0.1) is 6.04 Å². The van der Waals surface area contributed by atoms with E-state index in [9.17, 15) is 4.79 Å². The number of nitrogens with one attached hydrogen (secondary N) is 1. The second-order valence-electron chi connectivity index (χ2n) is 5.84. The summed E-state index contributed by atoms with van der Waals surface area (Å²) in [5.41, 5.74) is 7.06. The number of hydrogen-bond donors (Lipinski definition) is 2. The van der Waals surface area contributed by atoms with Crippen molar-refractivity contribution in [2.45, 2.75) is 38.1 Å². The first kappa shape index (κ1) is 22.2. The molecule has 0 spiro atoms. The van der Waals surface area contributed by atoms with Gasteiger partial charge < -0.3 is 16.0 Å². The summed E-state index contributed by atoms with van der Waals surface area (Å²) in [7, 11) is 0. The quantitative estimate of drug-likeness (QED) is 0.733. The molecule has 0 bridgehead atoms.